The lowest BCUT2D eigenvalue weighted by Gasteiger charge is -2.02. The number of hydrogen-bond acceptors (Lipinski definition) is 3. The lowest BCUT2D eigenvalue weighted by atomic mass is 10.3. The monoisotopic (exact) mass is 205 g/mol. The van der Waals surface area contributed by atoms with E-state index in [2.05, 4.69) is 5.32 Å². The van der Waals surface area contributed by atoms with Gasteiger partial charge in [0.25, 0.3) is 0 Å². The third-order valence-corrected chi connectivity index (χ3v) is 1.56. The first-order valence-electron chi connectivity index (χ1n) is 3.90. The minimum atomic E-state index is -0.790. The van der Waals surface area contributed by atoms with Crippen LogP contribution in [0, 0.1) is 34.3 Å². The van der Waals surface area contributed by atoms with Gasteiger partial charge in [0, 0.05) is 6.20 Å². The third kappa shape index (κ3) is 2.52. The van der Waals surface area contributed by atoms with Crippen LogP contribution in [0.15, 0.2) is 30.0 Å². The molecule has 1 N–H and O–H groups in total. The highest BCUT2D eigenvalue weighted by molar-refractivity contribution is 5.51. The highest BCUT2D eigenvalue weighted by atomic mass is 19.1. The average molecular weight is 205 g/mol. The SMILES string of the molecule is N#CC(C#N)=CNc1c(F)cccc1F. The molecular weight excluding hydrogens is 200 g/mol. The molecule has 0 atom stereocenters. The zero-order valence-electron chi connectivity index (χ0n) is 7.46. The summed E-state index contributed by atoms with van der Waals surface area (Å²) in [5, 5.41) is 19.0. The molecule has 3 nitrogen and oxygen atoms in total. The fourth-order valence-electron chi connectivity index (χ4n) is 0.870. The van der Waals surface area contributed by atoms with Crippen molar-refractivity contribution in [3.63, 3.8) is 0 Å². The standard InChI is InChI=1S/C10H5F2N3/c11-8-2-1-3-9(12)10(8)15-6-7(4-13)5-14/h1-3,6,15H. The molecule has 0 spiro atoms. The van der Waals surface area contributed by atoms with E-state index in [0.29, 0.717) is 0 Å². The second-order valence-electron chi connectivity index (χ2n) is 2.52. The zero-order valence-corrected chi connectivity index (χ0v) is 7.46. The summed E-state index contributed by atoms with van der Waals surface area (Å²) in [6.07, 6.45) is 0.946. The Labute approximate surface area is 84.9 Å². The second-order valence-corrected chi connectivity index (χ2v) is 2.52. The molecule has 0 heterocycles. The highest BCUT2D eigenvalue weighted by Crippen LogP contribution is 2.17. The maximum absolute atomic E-state index is 13.0. The third-order valence-electron chi connectivity index (χ3n) is 1.56. The Morgan fingerprint density at radius 3 is 2.20 bits per heavy atom. The number of para-hydroxylation sites is 1. The largest absolute Gasteiger partial charge is 0.355 e. The molecule has 0 aliphatic carbocycles. The fraction of sp³-hybridized carbons (Fsp3) is 0. The number of nitrogens with zero attached hydrogens (tertiary/aromatic N) is 2. The van der Waals surface area contributed by atoms with Gasteiger partial charge in [-0.1, -0.05) is 6.07 Å². The van der Waals surface area contributed by atoms with E-state index in [1.165, 1.54) is 6.07 Å². The number of allylic oxidation sites excluding steroid dienone is 1. The van der Waals surface area contributed by atoms with Crippen molar-refractivity contribution in [3.05, 3.63) is 41.6 Å². The Kier molecular flexibility index (Phi) is 3.37. The van der Waals surface area contributed by atoms with Crippen LogP contribution in [0.5, 0.6) is 0 Å². The van der Waals surface area contributed by atoms with Gasteiger partial charge in [0.1, 0.15) is 35.0 Å². The first kappa shape index (κ1) is 10.7. The Balaban J connectivity index is 2.98. The van der Waals surface area contributed by atoms with Crippen LogP contribution >= 0.6 is 0 Å². The maximum atomic E-state index is 13.0. The van der Waals surface area contributed by atoms with Gasteiger partial charge in [0.15, 0.2) is 0 Å². The molecule has 1 aromatic rings. The Hall–Kier alpha value is -2.40. The summed E-state index contributed by atoms with van der Waals surface area (Å²) in [5.74, 6) is -1.58. The summed E-state index contributed by atoms with van der Waals surface area (Å²) in [4.78, 5) is 0. The number of anilines is 1. The van der Waals surface area contributed by atoms with Gasteiger partial charge in [-0.3, -0.25) is 0 Å². The molecule has 5 heteroatoms. The van der Waals surface area contributed by atoms with E-state index in [9.17, 15) is 8.78 Å². The van der Waals surface area contributed by atoms with Gasteiger partial charge in [-0.25, -0.2) is 8.78 Å². The van der Waals surface area contributed by atoms with E-state index in [1.54, 1.807) is 12.1 Å². The normalized spacial score (nSPS) is 8.53. The Morgan fingerprint density at radius 1 is 1.20 bits per heavy atom. The first-order chi connectivity index (χ1) is 7.19. The molecule has 1 rings (SSSR count). The van der Waals surface area contributed by atoms with Crippen LogP contribution in [-0.4, -0.2) is 0 Å². The summed E-state index contributed by atoms with van der Waals surface area (Å²) in [5.41, 5.74) is -0.654. The van der Waals surface area contributed by atoms with Crippen molar-refractivity contribution in [3.8, 4) is 12.1 Å². The highest BCUT2D eigenvalue weighted by Gasteiger charge is 2.06. The van der Waals surface area contributed by atoms with Crippen molar-refractivity contribution in [1.29, 1.82) is 10.5 Å². The van der Waals surface area contributed by atoms with E-state index in [0.717, 1.165) is 18.3 Å². The molecule has 15 heavy (non-hydrogen) atoms. The molecule has 0 aromatic heterocycles. The van der Waals surface area contributed by atoms with Gasteiger partial charge in [-0.05, 0) is 12.1 Å². The van der Waals surface area contributed by atoms with Crippen molar-refractivity contribution >= 4 is 5.69 Å². The molecule has 0 saturated heterocycles. The van der Waals surface area contributed by atoms with Gasteiger partial charge in [-0.2, -0.15) is 10.5 Å². The van der Waals surface area contributed by atoms with Crippen LogP contribution in [0.1, 0.15) is 0 Å². The Morgan fingerprint density at radius 2 is 1.73 bits per heavy atom. The summed E-state index contributed by atoms with van der Waals surface area (Å²) in [6, 6.07) is 6.46. The lowest BCUT2D eigenvalue weighted by molar-refractivity contribution is 0.590. The molecular formula is C10H5F2N3. The minimum absolute atomic E-state index is 0.266. The summed E-state index contributed by atoms with van der Waals surface area (Å²) in [6.45, 7) is 0. The number of hydrogen-bond donors (Lipinski definition) is 1. The van der Waals surface area contributed by atoms with Crippen LogP contribution < -0.4 is 5.32 Å². The molecule has 0 bridgehead atoms. The molecule has 0 aliphatic heterocycles. The van der Waals surface area contributed by atoms with Crippen molar-refractivity contribution in [1.82, 2.24) is 0 Å². The van der Waals surface area contributed by atoms with Crippen molar-refractivity contribution in [2.75, 3.05) is 5.32 Å². The molecule has 74 valence electrons. The topological polar surface area (TPSA) is 59.6 Å². The maximum Gasteiger partial charge on any atom is 0.149 e. The molecule has 0 fully saturated rings. The summed E-state index contributed by atoms with van der Waals surface area (Å²) < 4.78 is 26.0. The number of halogens is 2. The molecule has 0 aliphatic rings. The van der Waals surface area contributed by atoms with E-state index in [4.69, 9.17) is 10.5 Å². The number of nitriles is 2. The summed E-state index contributed by atoms with van der Waals surface area (Å²) >= 11 is 0. The van der Waals surface area contributed by atoms with Crippen molar-refractivity contribution in [2.45, 2.75) is 0 Å². The van der Waals surface area contributed by atoms with Crippen LogP contribution in [0.2, 0.25) is 0 Å². The van der Waals surface area contributed by atoms with Gasteiger partial charge in [0.05, 0.1) is 0 Å². The number of rotatable bonds is 2. The van der Waals surface area contributed by atoms with Gasteiger partial charge >= 0.3 is 0 Å². The smallest absolute Gasteiger partial charge is 0.149 e. The van der Waals surface area contributed by atoms with Crippen LogP contribution in [0.25, 0.3) is 0 Å². The first-order valence-corrected chi connectivity index (χ1v) is 3.90. The van der Waals surface area contributed by atoms with Crippen LogP contribution in [0.3, 0.4) is 0 Å². The predicted molar refractivity (Wildman–Crippen MR) is 49.3 cm³/mol. The van der Waals surface area contributed by atoms with Gasteiger partial charge < -0.3 is 5.32 Å². The van der Waals surface area contributed by atoms with E-state index in [1.807, 2.05) is 0 Å². The lowest BCUT2D eigenvalue weighted by Crippen LogP contribution is -1.96. The zero-order chi connectivity index (χ0) is 11.3. The average Bonchev–Trinajstić information content (AvgIpc) is 2.23. The molecule has 0 saturated carbocycles. The van der Waals surface area contributed by atoms with Gasteiger partial charge in [-0.15, -0.1) is 0 Å². The quantitative estimate of drug-likeness (QED) is 0.753. The second kappa shape index (κ2) is 4.73. The minimum Gasteiger partial charge on any atom is -0.355 e. The number of nitrogens with one attached hydrogen (secondary N) is 1. The van der Waals surface area contributed by atoms with E-state index >= 15 is 0 Å². The Bertz CT molecular complexity index is 444. The van der Waals surface area contributed by atoms with Gasteiger partial charge in [0.2, 0.25) is 0 Å². The van der Waals surface area contributed by atoms with Crippen molar-refractivity contribution < 1.29 is 8.78 Å². The number of benzene rings is 1. The molecule has 0 amide bonds. The van der Waals surface area contributed by atoms with E-state index < -0.39 is 11.6 Å². The molecule has 1 aromatic carbocycles. The fourth-order valence-corrected chi connectivity index (χ4v) is 0.870. The predicted octanol–water partition coefficient (Wildman–Crippen LogP) is 2.31. The summed E-state index contributed by atoms with van der Waals surface area (Å²) in [7, 11) is 0. The molecule has 0 radical (unpaired) electrons. The van der Waals surface area contributed by atoms with Crippen molar-refractivity contribution in [2.24, 2.45) is 0 Å². The van der Waals surface area contributed by atoms with E-state index in [-0.39, 0.29) is 11.3 Å². The van der Waals surface area contributed by atoms with Crippen LogP contribution in [0.4, 0.5) is 14.5 Å². The van der Waals surface area contributed by atoms with Crippen LogP contribution in [-0.2, 0) is 0 Å². The molecule has 0 unspecified atom stereocenters.